The third-order valence-corrected chi connectivity index (χ3v) is 3.80. The number of carboxylic acids is 1. The standard InChI is InChI=1S/C16H22N2O3/c1-3-17(4-2)13-7-5-12(6-8-13)16(21)18(11-15(19)20)14-9-10-14/h5-8,14H,3-4,9-11H2,1-2H3,(H,19,20). The van der Waals surface area contributed by atoms with E-state index in [9.17, 15) is 9.59 Å². The van der Waals surface area contributed by atoms with Gasteiger partial charge in [-0.25, -0.2) is 0 Å². The van der Waals surface area contributed by atoms with Crippen LogP contribution in [-0.4, -0.2) is 47.6 Å². The normalized spacial score (nSPS) is 13.8. The van der Waals surface area contributed by atoms with E-state index < -0.39 is 5.97 Å². The fraction of sp³-hybridized carbons (Fsp3) is 0.500. The summed E-state index contributed by atoms with van der Waals surface area (Å²) in [6.07, 6.45) is 1.80. The Bertz CT molecular complexity index is 505. The Labute approximate surface area is 125 Å². The number of amides is 1. The SMILES string of the molecule is CCN(CC)c1ccc(C(=O)N(CC(=O)O)C2CC2)cc1. The highest BCUT2D eigenvalue weighted by molar-refractivity contribution is 5.96. The van der Waals surface area contributed by atoms with Crippen LogP contribution in [0.15, 0.2) is 24.3 Å². The van der Waals surface area contributed by atoms with E-state index in [0.717, 1.165) is 31.6 Å². The number of carbonyl (C=O) groups excluding carboxylic acids is 1. The van der Waals surface area contributed by atoms with Crippen LogP contribution in [-0.2, 0) is 4.79 Å². The third kappa shape index (κ3) is 3.74. The largest absolute Gasteiger partial charge is 0.480 e. The topological polar surface area (TPSA) is 60.9 Å². The zero-order valence-corrected chi connectivity index (χ0v) is 12.6. The van der Waals surface area contributed by atoms with Gasteiger partial charge in [0, 0.05) is 30.4 Å². The van der Waals surface area contributed by atoms with Crippen LogP contribution in [0.1, 0.15) is 37.0 Å². The van der Waals surface area contributed by atoms with E-state index in [2.05, 4.69) is 18.7 Å². The van der Waals surface area contributed by atoms with Crippen molar-refractivity contribution in [3.8, 4) is 0 Å². The molecule has 1 N–H and O–H groups in total. The van der Waals surface area contributed by atoms with Gasteiger partial charge < -0.3 is 14.9 Å². The number of carboxylic acid groups (broad SMARTS) is 1. The average molecular weight is 290 g/mol. The van der Waals surface area contributed by atoms with Crippen molar-refractivity contribution in [1.29, 1.82) is 0 Å². The Kier molecular flexibility index (Phi) is 4.83. The molecule has 0 saturated heterocycles. The number of nitrogens with zero attached hydrogens (tertiary/aromatic N) is 2. The van der Waals surface area contributed by atoms with Crippen molar-refractivity contribution in [1.82, 2.24) is 4.90 Å². The minimum atomic E-state index is -0.963. The molecule has 0 bridgehead atoms. The molecule has 1 saturated carbocycles. The molecule has 0 aliphatic heterocycles. The molecule has 1 aromatic carbocycles. The smallest absolute Gasteiger partial charge is 0.323 e. The van der Waals surface area contributed by atoms with Gasteiger partial charge in [-0.15, -0.1) is 0 Å². The Morgan fingerprint density at radius 3 is 2.14 bits per heavy atom. The van der Waals surface area contributed by atoms with Crippen LogP contribution in [0.25, 0.3) is 0 Å². The summed E-state index contributed by atoms with van der Waals surface area (Å²) in [5.41, 5.74) is 1.63. The highest BCUT2D eigenvalue weighted by Crippen LogP contribution is 2.28. The van der Waals surface area contributed by atoms with Crippen LogP contribution in [0.5, 0.6) is 0 Å². The lowest BCUT2D eigenvalue weighted by Crippen LogP contribution is -2.37. The maximum absolute atomic E-state index is 12.4. The number of anilines is 1. The van der Waals surface area contributed by atoms with E-state index in [1.165, 1.54) is 4.90 Å². The first kappa shape index (κ1) is 15.4. The molecule has 0 spiro atoms. The molecule has 1 aliphatic carbocycles. The van der Waals surface area contributed by atoms with Gasteiger partial charge in [0.1, 0.15) is 6.54 Å². The molecule has 0 aromatic heterocycles. The van der Waals surface area contributed by atoms with E-state index >= 15 is 0 Å². The van der Waals surface area contributed by atoms with Crippen LogP contribution in [0.3, 0.4) is 0 Å². The molecular weight excluding hydrogens is 268 g/mol. The van der Waals surface area contributed by atoms with E-state index in [1.54, 1.807) is 12.1 Å². The third-order valence-electron chi connectivity index (χ3n) is 3.80. The van der Waals surface area contributed by atoms with Crippen molar-refractivity contribution >= 4 is 17.6 Å². The van der Waals surface area contributed by atoms with Crippen LogP contribution < -0.4 is 4.90 Å². The zero-order valence-electron chi connectivity index (χ0n) is 12.6. The molecule has 0 heterocycles. The highest BCUT2D eigenvalue weighted by Gasteiger charge is 2.34. The predicted octanol–water partition coefficient (Wildman–Crippen LogP) is 2.22. The van der Waals surface area contributed by atoms with E-state index in [0.29, 0.717) is 5.56 Å². The van der Waals surface area contributed by atoms with Gasteiger partial charge >= 0.3 is 5.97 Å². The van der Waals surface area contributed by atoms with Crippen molar-refractivity contribution in [2.24, 2.45) is 0 Å². The van der Waals surface area contributed by atoms with Crippen LogP contribution in [0, 0.1) is 0 Å². The van der Waals surface area contributed by atoms with E-state index in [4.69, 9.17) is 5.11 Å². The summed E-state index contributed by atoms with van der Waals surface area (Å²) in [5, 5.41) is 8.94. The predicted molar refractivity (Wildman–Crippen MR) is 81.7 cm³/mol. The van der Waals surface area contributed by atoms with Crippen LogP contribution in [0.2, 0.25) is 0 Å². The highest BCUT2D eigenvalue weighted by atomic mass is 16.4. The van der Waals surface area contributed by atoms with Crippen molar-refractivity contribution in [3.63, 3.8) is 0 Å². The lowest BCUT2D eigenvalue weighted by Gasteiger charge is -2.23. The first-order valence-corrected chi connectivity index (χ1v) is 7.44. The fourth-order valence-corrected chi connectivity index (χ4v) is 2.47. The van der Waals surface area contributed by atoms with Gasteiger partial charge in [-0.05, 0) is 51.0 Å². The van der Waals surface area contributed by atoms with Gasteiger partial charge in [-0.1, -0.05) is 0 Å². The average Bonchev–Trinajstić information content (AvgIpc) is 3.30. The lowest BCUT2D eigenvalue weighted by molar-refractivity contribution is -0.137. The number of hydrogen-bond acceptors (Lipinski definition) is 3. The van der Waals surface area contributed by atoms with Gasteiger partial charge in [-0.3, -0.25) is 9.59 Å². The number of benzene rings is 1. The second kappa shape index (κ2) is 6.61. The molecule has 1 aliphatic rings. The molecule has 1 fully saturated rings. The maximum Gasteiger partial charge on any atom is 0.323 e. The summed E-state index contributed by atoms with van der Waals surface area (Å²) in [6.45, 7) is 5.78. The summed E-state index contributed by atoms with van der Waals surface area (Å²) < 4.78 is 0. The quantitative estimate of drug-likeness (QED) is 0.836. The minimum Gasteiger partial charge on any atom is -0.480 e. The number of carbonyl (C=O) groups is 2. The lowest BCUT2D eigenvalue weighted by atomic mass is 10.1. The van der Waals surface area contributed by atoms with Gasteiger partial charge in [0.25, 0.3) is 5.91 Å². The van der Waals surface area contributed by atoms with Gasteiger partial charge in [-0.2, -0.15) is 0 Å². The van der Waals surface area contributed by atoms with Gasteiger partial charge in [0.15, 0.2) is 0 Å². The molecular formula is C16H22N2O3. The van der Waals surface area contributed by atoms with E-state index in [-0.39, 0.29) is 18.5 Å². The number of hydrogen-bond donors (Lipinski definition) is 1. The molecule has 0 radical (unpaired) electrons. The first-order chi connectivity index (χ1) is 10.1. The summed E-state index contributed by atoms with van der Waals surface area (Å²) in [7, 11) is 0. The summed E-state index contributed by atoms with van der Waals surface area (Å²) in [5.74, 6) is -1.15. The molecule has 1 aromatic rings. The number of rotatable bonds is 7. The summed E-state index contributed by atoms with van der Waals surface area (Å²) >= 11 is 0. The molecule has 21 heavy (non-hydrogen) atoms. The maximum atomic E-state index is 12.4. The van der Waals surface area contributed by atoms with Crippen molar-refractivity contribution < 1.29 is 14.7 Å². The van der Waals surface area contributed by atoms with Crippen LogP contribution in [0.4, 0.5) is 5.69 Å². The molecule has 0 unspecified atom stereocenters. The monoisotopic (exact) mass is 290 g/mol. The first-order valence-electron chi connectivity index (χ1n) is 7.44. The fourth-order valence-electron chi connectivity index (χ4n) is 2.47. The molecule has 5 heteroatoms. The summed E-state index contributed by atoms with van der Waals surface area (Å²) in [6, 6.07) is 7.51. The Morgan fingerprint density at radius 2 is 1.71 bits per heavy atom. The Balaban J connectivity index is 2.12. The second-order valence-electron chi connectivity index (χ2n) is 5.28. The van der Waals surface area contributed by atoms with Crippen molar-refractivity contribution in [3.05, 3.63) is 29.8 Å². The van der Waals surface area contributed by atoms with Gasteiger partial charge in [0.2, 0.25) is 0 Å². The van der Waals surface area contributed by atoms with Crippen molar-refractivity contribution in [2.75, 3.05) is 24.5 Å². The Morgan fingerprint density at radius 1 is 1.14 bits per heavy atom. The summed E-state index contributed by atoms with van der Waals surface area (Å²) in [4.78, 5) is 27.0. The van der Waals surface area contributed by atoms with Gasteiger partial charge in [0.05, 0.1) is 0 Å². The molecule has 1 amide bonds. The molecule has 114 valence electrons. The molecule has 2 rings (SSSR count). The second-order valence-corrected chi connectivity index (χ2v) is 5.28. The minimum absolute atomic E-state index is 0.0936. The van der Waals surface area contributed by atoms with Crippen LogP contribution >= 0.6 is 0 Å². The zero-order chi connectivity index (χ0) is 15.4. The Hall–Kier alpha value is -2.04. The molecule has 0 atom stereocenters. The van der Waals surface area contributed by atoms with E-state index in [1.807, 2.05) is 12.1 Å². The van der Waals surface area contributed by atoms with Crippen molar-refractivity contribution in [2.45, 2.75) is 32.7 Å². The molecule has 5 nitrogen and oxygen atoms in total. The number of aliphatic carboxylic acids is 1.